The molecule has 26 heavy (non-hydrogen) atoms. The molecule has 1 aromatic carbocycles. The summed E-state index contributed by atoms with van der Waals surface area (Å²) in [5.74, 6) is -0.889. The fourth-order valence-corrected chi connectivity index (χ4v) is 2.96. The zero-order valence-electron chi connectivity index (χ0n) is 14.0. The summed E-state index contributed by atoms with van der Waals surface area (Å²) in [6, 6.07) is 6.25. The highest BCUT2D eigenvalue weighted by atomic mass is 32.3. The van der Waals surface area contributed by atoms with E-state index in [0.29, 0.717) is 0 Å². The van der Waals surface area contributed by atoms with Crippen LogP contribution in [0.5, 0.6) is 0 Å². The molecule has 11 heteroatoms. The van der Waals surface area contributed by atoms with E-state index in [1.165, 1.54) is 12.1 Å². The van der Waals surface area contributed by atoms with Gasteiger partial charge in [0, 0.05) is 7.11 Å². The minimum absolute atomic E-state index is 0.132. The second-order valence-electron chi connectivity index (χ2n) is 5.66. The van der Waals surface area contributed by atoms with Gasteiger partial charge in [-0.05, 0) is 19.1 Å². The van der Waals surface area contributed by atoms with E-state index >= 15 is 0 Å². The number of carbonyl (C=O) groups excluding carboxylic acids is 1. The van der Waals surface area contributed by atoms with Crippen molar-refractivity contribution in [3.05, 3.63) is 35.4 Å². The maximum absolute atomic E-state index is 12.3. The molecule has 0 radical (unpaired) electrons. The van der Waals surface area contributed by atoms with Crippen LogP contribution in [0.25, 0.3) is 0 Å². The molecule has 0 saturated carbocycles. The molecule has 2 rings (SSSR count). The van der Waals surface area contributed by atoms with Crippen molar-refractivity contribution in [2.45, 2.75) is 37.6 Å². The molecule has 1 aliphatic heterocycles. The van der Waals surface area contributed by atoms with E-state index < -0.39 is 53.7 Å². The number of carbonyl (C=O) groups is 1. The van der Waals surface area contributed by atoms with E-state index in [-0.39, 0.29) is 5.56 Å². The van der Waals surface area contributed by atoms with E-state index in [9.17, 15) is 28.0 Å². The molecule has 0 spiro atoms. The first-order chi connectivity index (χ1) is 12.2. The Balaban J connectivity index is 2.30. The van der Waals surface area contributed by atoms with Crippen molar-refractivity contribution in [1.29, 1.82) is 0 Å². The van der Waals surface area contributed by atoms with Crippen molar-refractivity contribution in [2.75, 3.05) is 13.7 Å². The molecular weight excluding hydrogens is 372 g/mol. The molecule has 1 heterocycles. The van der Waals surface area contributed by atoms with Crippen LogP contribution in [0, 0.1) is 6.92 Å². The SMILES string of the molecule is CO[C@@H]1O[C@H](CO)[C@H](O)[C@H](OC(=O)c2ccc(C)cc2)[C@@H]1OS(=O)(=O)[O-]. The van der Waals surface area contributed by atoms with E-state index in [0.717, 1.165) is 12.7 Å². The van der Waals surface area contributed by atoms with Crippen LogP contribution >= 0.6 is 0 Å². The average Bonchev–Trinajstić information content (AvgIpc) is 2.57. The zero-order valence-corrected chi connectivity index (χ0v) is 14.8. The largest absolute Gasteiger partial charge is 0.726 e. The third kappa shape index (κ3) is 4.98. The van der Waals surface area contributed by atoms with Gasteiger partial charge in [0.05, 0.1) is 12.2 Å². The quantitative estimate of drug-likeness (QED) is 0.354. The standard InChI is InChI=1S/C15H20O10S/c1-8-3-5-9(6-4-8)14(18)24-12-11(17)10(7-16)23-15(22-2)13(12)25-26(19,20)21/h3-6,10-13,15-17H,7H2,1-2H3,(H,19,20,21)/p-1/t10-,11+,12+,13+,15-/m1/s1. The Bertz CT molecular complexity index is 716. The fraction of sp³-hybridized carbons (Fsp3) is 0.533. The van der Waals surface area contributed by atoms with Gasteiger partial charge in [-0.2, -0.15) is 0 Å². The lowest BCUT2D eigenvalue weighted by molar-refractivity contribution is -0.288. The third-order valence-corrected chi connectivity index (χ3v) is 4.25. The Morgan fingerprint density at radius 3 is 2.38 bits per heavy atom. The summed E-state index contributed by atoms with van der Waals surface area (Å²) in [6.07, 6.45) is -7.77. The summed E-state index contributed by atoms with van der Waals surface area (Å²) in [6.45, 7) is 1.14. The lowest BCUT2D eigenvalue weighted by Crippen LogP contribution is -2.61. The number of aliphatic hydroxyl groups is 2. The Morgan fingerprint density at radius 1 is 1.27 bits per heavy atom. The van der Waals surface area contributed by atoms with Crippen LogP contribution in [0.3, 0.4) is 0 Å². The summed E-state index contributed by atoms with van der Waals surface area (Å²) >= 11 is 0. The normalized spacial score (nSPS) is 29.3. The fourth-order valence-electron chi connectivity index (χ4n) is 2.49. The Morgan fingerprint density at radius 2 is 1.88 bits per heavy atom. The first-order valence-electron chi connectivity index (χ1n) is 7.55. The number of benzene rings is 1. The highest BCUT2D eigenvalue weighted by Gasteiger charge is 2.49. The second kappa shape index (κ2) is 8.39. The first kappa shape index (κ1) is 20.7. The summed E-state index contributed by atoms with van der Waals surface area (Å²) in [5, 5.41) is 19.5. The molecule has 0 bridgehead atoms. The van der Waals surface area contributed by atoms with Gasteiger partial charge in [0.25, 0.3) is 0 Å². The highest BCUT2D eigenvalue weighted by molar-refractivity contribution is 7.80. The molecule has 0 unspecified atom stereocenters. The number of esters is 1. The molecule has 5 atom stereocenters. The molecule has 2 N–H and O–H groups in total. The van der Waals surface area contributed by atoms with Crippen molar-refractivity contribution >= 4 is 16.4 Å². The first-order valence-corrected chi connectivity index (χ1v) is 8.88. The minimum atomic E-state index is -5.23. The zero-order chi connectivity index (χ0) is 19.5. The molecule has 0 aromatic heterocycles. The van der Waals surface area contributed by atoms with Gasteiger partial charge in [-0.3, -0.25) is 4.18 Å². The molecule has 0 aliphatic carbocycles. The minimum Gasteiger partial charge on any atom is -0.726 e. The van der Waals surface area contributed by atoms with Gasteiger partial charge >= 0.3 is 5.97 Å². The summed E-state index contributed by atoms with van der Waals surface area (Å²) < 4.78 is 52.6. The molecule has 10 nitrogen and oxygen atoms in total. The Hall–Kier alpha value is -1.60. The van der Waals surface area contributed by atoms with Gasteiger partial charge in [-0.15, -0.1) is 0 Å². The van der Waals surface area contributed by atoms with Gasteiger partial charge in [0.15, 0.2) is 18.5 Å². The number of rotatable bonds is 6. The molecule has 1 aromatic rings. The van der Waals surface area contributed by atoms with Crippen molar-refractivity contribution in [3.8, 4) is 0 Å². The Kier molecular flexibility index (Phi) is 6.69. The van der Waals surface area contributed by atoms with E-state index in [1.54, 1.807) is 12.1 Å². The maximum Gasteiger partial charge on any atom is 0.338 e. The molecule has 146 valence electrons. The summed E-state index contributed by atoms with van der Waals surface area (Å²) in [4.78, 5) is 12.3. The molecule has 1 aliphatic rings. The third-order valence-electron chi connectivity index (χ3n) is 3.79. The van der Waals surface area contributed by atoms with Crippen molar-refractivity contribution in [3.63, 3.8) is 0 Å². The predicted molar refractivity (Wildman–Crippen MR) is 83.7 cm³/mol. The van der Waals surface area contributed by atoms with Gasteiger partial charge in [-0.25, -0.2) is 13.2 Å². The van der Waals surface area contributed by atoms with Crippen LogP contribution in [0.15, 0.2) is 24.3 Å². The number of ether oxygens (including phenoxy) is 3. The smallest absolute Gasteiger partial charge is 0.338 e. The number of aliphatic hydroxyl groups excluding tert-OH is 2. The monoisotopic (exact) mass is 391 g/mol. The number of hydrogen-bond donors (Lipinski definition) is 2. The number of aryl methyl sites for hydroxylation is 1. The molecule has 0 amide bonds. The van der Waals surface area contributed by atoms with Crippen LogP contribution in [0.4, 0.5) is 0 Å². The van der Waals surface area contributed by atoms with E-state index in [1.807, 2.05) is 6.92 Å². The van der Waals surface area contributed by atoms with Gasteiger partial charge in [0.1, 0.15) is 12.2 Å². The lowest BCUT2D eigenvalue weighted by atomic mass is 9.99. The van der Waals surface area contributed by atoms with Crippen LogP contribution in [-0.4, -0.2) is 73.6 Å². The van der Waals surface area contributed by atoms with Gasteiger partial charge in [-0.1, -0.05) is 17.7 Å². The molecule has 1 saturated heterocycles. The maximum atomic E-state index is 12.3. The topological polar surface area (TPSA) is 152 Å². The molecular formula is C15H19O10S-. The van der Waals surface area contributed by atoms with Crippen molar-refractivity contribution in [2.24, 2.45) is 0 Å². The summed E-state index contributed by atoms with van der Waals surface area (Å²) in [5.41, 5.74) is 1.03. The van der Waals surface area contributed by atoms with Gasteiger partial charge in [0.2, 0.25) is 10.4 Å². The predicted octanol–water partition coefficient (Wildman–Crippen LogP) is -0.910. The van der Waals surface area contributed by atoms with Crippen LogP contribution in [-0.2, 0) is 28.8 Å². The van der Waals surface area contributed by atoms with Crippen LogP contribution < -0.4 is 0 Å². The Labute approximate surface area is 150 Å². The highest BCUT2D eigenvalue weighted by Crippen LogP contribution is 2.28. The van der Waals surface area contributed by atoms with Crippen LogP contribution in [0.2, 0.25) is 0 Å². The van der Waals surface area contributed by atoms with Crippen molar-refractivity contribution in [1.82, 2.24) is 0 Å². The van der Waals surface area contributed by atoms with E-state index in [2.05, 4.69) is 4.18 Å². The average molecular weight is 391 g/mol. The van der Waals surface area contributed by atoms with Crippen molar-refractivity contribution < 1.29 is 46.4 Å². The number of methoxy groups -OCH3 is 1. The lowest BCUT2D eigenvalue weighted by Gasteiger charge is -2.42. The molecule has 1 fully saturated rings. The van der Waals surface area contributed by atoms with E-state index in [4.69, 9.17) is 14.2 Å². The number of hydrogen-bond acceptors (Lipinski definition) is 10. The van der Waals surface area contributed by atoms with Gasteiger partial charge < -0.3 is 29.0 Å². The van der Waals surface area contributed by atoms with Crippen LogP contribution in [0.1, 0.15) is 15.9 Å². The second-order valence-corrected chi connectivity index (χ2v) is 6.67. The summed E-state index contributed by atoms with van der Waals surface area (Å²) in [7, 11) is -4.10.